The Morgan fingerprint density at radius 1 is 1.53 bits per heavy atom. The van der Waals surface area contributed by atoms with Crippen LogP contribution in [0.15, 0.2) is 23.4 Å². The van der Waals surface area contributed by atoms with Crippen LogP contribution in [0.5, 0.6) is 0 Å². The van der Waals surface area contributed by atoms with Gasteiger partial charge in [0.05, 0.1) is 5.56 Å². The highest BCUT2D eigenvalue weighted by Gasteiger charge is 2.19. The third-order valence-electron chi connectivity index (χ3n) is 2.37. The van der Waals surface area contributed by atoms with Crippen molar-refractivity contribution in [2.75, 3.05) is 12.0 Å². The molecule has 1 aromatic rings. The van der Waals surface area contributed by atoms with Crippen LogP contribution < -0.4 is 4.72 Å². The van der Waals surface area contributed by atoms with Crippen LogP contribution in [0.1, 0.15) is 23.7 Å². The Hall–Kier alpha value is -1.12. The molecule has 1 atom stereocenters. The number of aromatic carboxylic acids is 1. The Morgan fingerprint density at radius 3 is 2.68 bits per heavy atom. The van der Waals surface area contributed by atoms with E-state index in [1.807, 2.05) is 6.26 Å². The number of rotatable bonds is 7. The highest BCUT2D eigenvalue weighted by Crippen LogP contribution is 2.09. The van der Waals surface area contributed by atoms with Crippen LogP contribution in [0.25, 0.3) is 0 Å². The third-order valence-corrected chi connectivity index (χ3v) is 4.52. The summed E-state index contributed by atoms with van der Waals surface area (Å²) in [7, 11) is -3.70. The average Bonchev–Trinajstić information content (AvgIpc) is 2.36. The number of pyridine rings is 1. The van der Waals surface area contributed by atoms with Gasteiger partial charge in [-0.3, -0.25) is 0 Å². The molecule has 0 aromatic carbocycles. The lowest BCUT2D eigenvalue weighted by Gasteiger charge is -2.13. The molecule has 0 aliphatic rings. The highest BCUT2D eigenvalue weighted by molar-refractivity contribution is 7.98. The van der Waals surface area contributed by atoms with Crippen molar-refractivity contribution in [3.63, 3.8) is 0 Å². The van der Waals surface area contributed by atoms with Crippen molar-refractivity contribution in [2.24, 2.45) is 0 Å². The second-order valence-corrected chi connectivity index (χ2v) is 6.64. The molecule has 0 amide bonds. The number of thioether (sulfide) groups is 1. The summed E-state index contributed by atoms with van der Waals surface area (Å²) in [5.41, 5.74) is -0.0469. The van der Waals surface area contributed by atoms with Gasteiger partial charge in [0.1, 0.15) is 0 Å². The summed E-state index contributed by atoms with van der Waals surface area (Å²) in [5.74, 6) is -0.285. The normalized spacial score (nSPS) is 13.2. The van der Waals surface area contributed by atoms with Crippen molar-refractivity contribution in [2.45, 2.75) is 24.4 Å². The van der Waals surface area contributed by atoms with Gasteiger partial charge in [-0.05, 0) is 37.5 Å². The molecule has 0 radical (unpaired) electrons. The number of sulfonamides is 1. The molecule has 0 bridgehead atoms. The molecule has 1 heterocycles. The Morgan fingerprint density at radius 2 is 2.21 bits per heavy atom. The number of carbonyl (C=O) groups is 1. The molecule has 0 aliphatic carbocycles. The number of aromatic nitrogens is 1. The quantitative estimate of drug-likeness (QED) is 0.785. The number of nitrogens with one attached hydrogen (secondary N) is 1. The van der Waals surface area contributed by atoms with E-state index >= 15 is 0 Å². The van der Waals surface area contributed by atoms with E-state index in [0.29, 0.717) is 6.42 Å². The van der Waals surface area contributed by atoms with Crippen molar-refractivity contribution in [3.05, 3.63) is 23.9 Å². The molecule has 19 heavy (non-hydrogen) atoms. The SMILES string of the molecule is CSCCC(C)NS(=O)(=O)c1ccc(C(=O)O)cn1. The summed E-state index contributed by atoms with van der Waals surface area (Å²) < 4.78 is 26.4. The van der Waals surface area contributed by atoms with Crippen LogP contribution >= 0.6 is 11.8 Å². The summed E-state index contributed by atoms with van der Waals surface area (Å²) in [6.07, 6.45) is 3.70. The molecule has 1 rings (SSSR count). The van der Waals surface area contributed by atoms with E-state index in [1.54, 1.807) is 18.7 Å². The number of hydrogen-bond acceptors (Lipinski definition) is 5. The summed E-state index contributed by atoms with van der Waals surface area (Å²) in [6.45, 7) is 1.78. The predicted molar refractivity (Wildman–Crippen MR) is 74.0 cm³/mol. The third kappa shape index (κ3) is 4.81. The van der Waals surface area contributed by atoms with E-state index in [1.165, 1.54) is 12.1 Å². The van der Waals surface area contributed by atoms with E-state index in [2.05, 4.69) is 9.71 Å². The maximum absolute atomic E-state index is 12.0. The minimum absolute atomic E-state index is 0.0469. The smallest absolute Gasteiger partial charge is 0.337 e. The van der Waals surface area contributed by atoms with E-state index in [4.69, 9.17) is 5.11 Å². The van der Waals surface area contributed by atoms with E-state index < -0.39 is 16.0 Å². The highest BCUT2D eigenvalue weighted by atomic mass is 32.2. The monoisotopic (exact) mass is 304 g/mol. The van der Waals surface area contributed by atoms with Gasteiger partial charge in [-0.15, -0.1) is 0 Å². The molecule has 2 N–H and O–H groups in total. The fourth-order valence-corrected chi connectivity index (χ4v) is 3.14. The molecule has 0 saturated carbocycles. The van der Waals surface area contributed by atoms with Gasteiger partial charge >= 0.3 is 5.97 Å². The molecular weight excluding hydrogens is 288 g/mol. The van der Waals surface area contributed by atoms with Crippen LogP contribution in [0.3, 0.4) is 0 Å². The molecule has 0 fully saturated rings. The van der Waals surface area contributed by atoms with Gasteiger partial charge < -0.3 is 5.11 Å². The Balaban J connectivity index is 2.79. The lowest BCUT2D eigenvalue weighted by Crippen LogP contribution is -2.33. The van der Waals surface area contributed by atoms with Gasteiger partial charge in [0.25, 0.3) is 10.0 Å². The first-order chi connectivity index (χ1) is 8.86. The molecule has 6 nitrogen and oxygen atoms in total. The number of carboxylic acids is 1. The molecule has 0 spiro atoms. The summed E-state index contributed by atoms with van der Waals surface area (Å²) in [4.78, 5) is 14.3. The zero-order valence-electron chi connectivity index (χ0n) is 10.7. The number of carboxylic acid groups (broad SMARTS) is 1. The molecule has 106 valence electrons. The zero-order chi connectivity index (χ0) is 14.5. The summed E-state index contributed by atoms with van der Waals surface area (Å²) >= 11 is 1.64. The molecule has 0 aliphatic heterocycles. The lowest BCUT2D eigenvalue weighted by molar-refractivity contribution is 0.0696. The molecule has 8 heteroatoms. The second kappa shape index (κ2) is 6.88. The van der Waals surface area contributed by atoms with Crippen LogP contribution in [-0.2, 0) is 10.0 Å². The first-order valence-electron chi connectivity index (χ1n) is 5.57. The van der Waals surface area contributed by atoms with Crippen LogP contribution in [0.4, 0.5) is 0 Å². The van der Waals surface area contributed by atoms with Crippen LogP contribution in [-0.4, -0.2) is 42.5 Å². The zero-order valence-corrected chi connectivity index (χ0v) is 12.3. The maximum atomic E-state index is 12.0. The van der Waals surface area contributed by atoms with Crippen molar-refractivity contribution < 1.29 is 18.3 Å². The second-order valence-electron chi connectivity index (χ2n) is 3.99. The molecular formula is C11H16N2O4S2. The fourth-order valence-electron chi connectivity index (χ4n) is 1.34. The first-order valence-corrected chi connectivity index (χ1v) is 8.45. The van der Waals surface area contributed by atoms with Gasteiger partial charge in [-0.25, -0.2) is 22.9 Å². The lowest BCUT2D eigenvalue weighted by atomic mass is 10.3. The molecule has 0 saturated heterocycles. The summed E-state index contributed by atoms with van der Waals surface area (Å²) in [5, 5.41) is 8.54. The number of nitrogens with zero attached hydrogens (tertiary/aromatic N) is 1. The minimum Gasteiger partial charge on any atom is -0.478 e. The molecule has 1 unspecified atom stereocenters. The van der Waals surface area contributed by atoms with Crippen molar-refractivity contribution in [1.82, 2.24) is 9.71 Å². The largest absolute Gasteiger partial charge is 0.478 e. The Labute approximate surface area is 116 Å². The van der Waals surface area contributed by atoms with Crippen LogP contribution in [0, 0.1) is 0 Å². The average molecular weight is 304 g/mol. The van der Waals surface area contributed by atoms with Crippen molar-refractivity contribution in [3.8, 4) is 0 Å². The first kappa shape index (κ1) is 15.9. The topological polar surface area (TPSA) is 96.4 Å². The minimum atomic E-state index is -3.70. The van der Waals surface area contributed by atoms with Gasteiger partial charge in [0, 0.05) is 12.2 Å². The van der Waals surface area contributed by atoms with E-state index in [-0.39, 0.29) is 16.6 Å². The van der Waals surface area contributed by atoms with Crippen molar-refractivity contribution in [1.29, 1.82) is 0 Å². The van der Waals surface area contributed by atoms with E-state index in [0.717, 1.165) is 11.9 Å². The van der Waals surface area contributed by atoms with Gasteiger partial charge in [-0.2, -0.15) is 11.8 Å². The Bertz CT molecular complexity index is 528. The fraction of sp³-hybridized carbons (Fsp3) is 0.455. The van der Waals surface area contributed by atoms with Crippen molar-refractivity contribution >= 4 is 27.8 Å². The van der Waals surface area contributed by atoms with E-state index in [9.17, 15) is 13.2 Å². The van der Waals surface area contributed by atoms with Crippen LogP contribution in [0.2, 0.25) is 0 Å². The standard InChI is InChI=1S/C11H16N2O4S2/c1-8(5-6-18-2)13-19(16,17)10-4-3-9(7-12-10)11(14)15/h3-4,7-8,13H,5-6H2,1-2H3,(H,14,15). The maximum Gasteiger partial charge on any atom is 0.337 e. The van der Waals surface area contributed by atoms with Gasteiger partial charge in [-0.1, -0.05) is 0 Å². The Kier molecular flexibility index (Phi) is 5.77. The molecule has 1 aromatic heterocycles. The summed E-state index contributed by atoms with van der Waals surface area (Å²) in [6, 6.07) is 2.21. The van der Waals surface area contributed by atoms with Gasteiger partial charge in [0.2, 0.25) is 0 Å². The predicted octanol–water partition coefficient (Wildman–Crippen LogP) is 1.20. The van der Waals surface area contributed by atoms with Gasteiger partial charge in [0.15, 0.2) is 5.03 Å². The number of hydrogen-bond donors (Lipinski definition) is 2.